The fourth-order valence-corrected chi connectivity index (χ4v) is 8.72. The molecule has 0 saturated heterocycles. The minimum atomic E-state index is -1.02. The van der Waals surface area contributed by atoms with Gasteiger partial charge in [0.2, 0.25) is 0 Å². The fourth-order valence-electron chi connectivity index (χ4n) is 8.72. The van der Waals surface area contributed by atoms with Crippen molar-refractivity contribution in [1.82, 2.24) is 0 Å². The Morgan fingerprint density at radius 1 is 1.00 bits per heavy atom. The van der Waals surface area contributed by atoms with Crippen LogP contribution in [-0.4, -0.2) is 50.8 Å². The third-order valence-electron chi connectivity index (χ3n) is 10.4. The summed E-state index contributed by atoms with van der Waals surface area (Å²) in [6, 6.07) is 0. The molecule has 7 heteroatoms. The Balaban J connectivity index is 0.00000272. The molecule has 0 heterocycles. The molecule has 0 bridgehead atoms. The second-order valence-electron chi connectivity index (χ2n) is 11.6. The molecular weight excluding hydrogens is 423 g/mol. The van der Waals surface area contributed by atoms with Crippen LogP contribution in [0, 0.1) is 46.3 Å². The molecule has 6 nitrogen and oxygen atoms in total. The van der Waals surface area contributed by atoms with Crippen molar-refractivity contribution >= 4 is 5.97 Å². The van der Waals surface area contributed by atoms with Crippen molar-refractivity contribution < 1.29 is 81.7 Å². The van der Waals surface area contributed by atoms with Crippen LogP contribution in [0.5, 0.6) is 0 Å². The first-order valence-corrected chi connectivity index (χ1v) is 11.9. The van der Waals surface area contributed by atoms with Crippen LogP contribution < -0.4 is 56.5 Å². The Labute approximate surface area is 228 Å². The van der Waals surface area contributed by atoms with Gasteiger partial charge >= 0.3 is 51.4 Å². The van der Waals surface area contributed by atoms with Crippen LogP contribution in [0.1, 0.15) is 72.1 Å². The third kappa shape index (κ3) is 4.27. The van der Waals surface area contributed by atoms with Crippen molar-refractivity contribution in [2.45, 2.75) is 96.6 Å². The maximum atomic E-state index is 11.5. The molecule has 4 N–H and O–H groups in total. The van der Waals surface area contributed by atoms with Crippen LogP contribution in [0.2, 0.25) is 0 Å². The number of hydrogen-bond acceptors (Lipinski definition) is 6. The summed E-state index contributed by atoms with van der Waals surface area (Å²) in [6.45, 7) is 6.44. The Morgan fingerprint density at radius 2 is 1.65 bits per heavy atom. The predicted octanol–water partition coefficient (Wildman–Crippen LogP) is -1.91. The normalized spacial score (nSPS) is 52.3. The number of aliphatic hydroxyl groups is 4. The molecule has 4 saturated carbocycles. The maximum Gasteiger partial charge on any atom is 1.00 e. The number of aliphatic hydroxyl groups excluding tert-OH is 4. The summed E-state index contributed by atoms with van der Waals surface area (Å²) in [4.78, 5) is 11.0. The number of carboxylic acids is 1. The summed E-state index contributed by atoms with van der Waals surface area (Å²) in [5, 5.41) is 54.3. The number of carbonyl (C=O) groups excluding carboxylic acids is 1. The maximum absolute atomic E-state index is 11.5. The molecular formula is C24H39KO6. The Bertz CT molecular complexity index is 674. The molecule has 0 spiro atoms. The van der Waals surface area contributed by atoms with Crippen molar-refractivity contribution in [2.75, 3.05) is 0 Å². The topological polar surface area (TPSA) is 121 Å². The van der Waals surface area contributed by atoms with Gasteiger partial charge in [0.25, 0.3) is 0 Å². The van der Waals surface area contributed by atoms with Gasteiger partial charge in [0.15, 0.2) is 0 Å². The van der Waals surface area contributed by atoms with Crippen LogP contribution in [0.15, 0.2) is 0 Å². The molecule has 4 rings (SSSR count). The summed E-state index contributed by atoms with van der Waals surface area (Å²) in [7, 11) is 0. The molecule has 12 atom stereocenters. The molecule has 0 amide bonds. The Kier molecular flexibility index (Phi) is 8.17. The molecule has 4 aliphatic rings. The predicted molar refractivity (Wildman–Crippen MR) is 109 cm³/mol. The minimum Gasteiger partial charge on any atom is -0.550 e. The van der Waals surface area contributed by atoms with Gasteiger partial charge in [-0.3, -0.25) is 0 Å². The summed E-state index contributed by atoms with van der Waals surface area (Å²) >= 11 is 0. The third-order valence-corrected chi connectivity index (χ3v) is 10.4. The van der Waals surface area contributed by atoms with Crippen LogP contribution in [-0.2, 0) is 4.79 Å². The number of hydrogen-bond donors (Lipinski definition) is 4. The summed E-state index contributed by atoms with van der Waals surface area (Å²) in [5.74, 6) is -0.0554. The molecule has 0 aromatic heterocycles. The van der Waals surface area contributed by atoms with Crippen molar-refractivity contribution in [1.29, 1.82) is 0 Å². The smallest absolute Gasteiger partial charge is 0.550 e. The molecule has 4 fully saturated rings. The van der Waals surface area contributed by atoms with E-state index in [9.17, 15) is 30.3 Å². The van der Waals surface area contributed by atoms with Crippen LogP contribution in [0.4, 0.5) is 0 Å². The average molecular weight is 463 g/mol. The number of fused-ring (bicyclic) bond motifs is 5. The molecule has 31 heavy (non-hydrogen) atoms. The first-order valence-electron chi connectivity index (χ1n) is 11.9. The van der Waals surface area contributed by atoms with Crippen molar-refractivity contribution in [3.05, 3.63) is 0 Å². The zero-order valence-corrected chi connectivity index (χ0v) is 22.7. The second kappa shape index (κ2) is 9.54. The van der Waals surface area contributed by atoms with Gasteiger partial charge < -0.3 is 30.3 Å². The van der Waals surface area contributed by atoms with E-state index in [4.69, 9.17) is 0 Å². The second-order valence-corrected chi connectivity index (χ2v) is 11.6. The van der Waals surface area contributed by atoms with Gasteiger partial charge in [-0.05, 0) is 97.7 Å². The van der Waals surface area contributed by atoms with Crippen molar-refractivity contribution in [3.8, 4) is 0 Å². The first-order chi connectivity index (χ1) is 14.0. The molecule has 0 radical (unpaired) electrons. The molecule has 172 valence electrons. The molecule has 0 aliphatic heterocycles. The molecule has 5 unspecified atom stereocenters. The van der Waals surface area contributed by atoms with Gasteiger partial charge in [0.05, 0.1) is 24.4 Å². The monoisotopic (exact) mass is 462 g/mol. The van der Waals surface area contributed by atoms with Gasteiger partial charge in [0.1, 0.15) is 0 Å². The van der Waals surface area contributed by atoms with Crippen LogP contribution in [0.3, 0.4) is 0 Å². The minimum absolute atomic E-state index is 0. The van der Waals surface area contributed by atoms with Gasteiger partial charge in [-0.2, -0.15) is 0 Å². The standard InChI is InChI=1S/C24H40O6.K/c1-12(4-7-21(29)30)14-5-6-15-22-16(10-20(28)24(14,15)3)23(2)11-19(27)17(25)8-13(23)9-18(22)26;/h12-20,22,25-28H,4-11H2,1-3H3,(H,29,30);/q;+1/p-1/t12-,13?,14?,15?,16?,17+,18-,19-,20+,22?,23+,24-;/m1./s1. The Morgan fingerprint density at radius 3 is 2.29 bits per heavy atom. The van der Waals surface area contributed by atoms with E-state index in [2.05, 4.69) is 20.8 Å². The van der Waals surface area contributed by atoms with E-state index in [1.807, 2.05) is 0 Å². The summed E-state index contributed by atoms with van der Waals surface area (Å²) in [6.07, 6.45) is 2.35. The zero-order chi connectivity index (χ0) is 22.0. The number of rotatable bonds is 4. The van der Waals surface area contributed by atoms with E-state index in [0.29, 0.717) is 32.1 Å². The van der Waals surface area contributed by atoms with Gasteiger partial charge in [-0.25, -0.2) is 0 Å². The quantitative estimate of drug-likeness (QED) is 0.362. The van der Waals surface area contributed by atoms with E-state index in [-0.39, 0.29) is 104 Å². The average Bonchev–Trinajstić information content (AvgIpc) is 3.02. The molecule has 0 aromatic carbocycles. The van der Waals surface area contributed by atoms with Crippen LogP contribution in [0.25, 0.3) is 0 Å². The van der Waals surface area contributed by atoms with Crippen molar-refractivity contribution in [2.24, 2.45) is 46.3 Å². The molecule has 0 aromatic rings. The van der Waals surface area contributed by atoms with Crippen LogP contribution >= 0.6 is 0 Å². The number of aliphatic carboxylic acids is 1. The van der Waals surface area contributed by atoms with E-state index in [1.54, 1.807) is 0 Å². The fraction of sp³-hybridized carbons (Fsp3) is 0.958. The van der Waals surface area contributed by atoms with E-state index in [1.165, 1.54) is 0 Å². The number of carbonyl (C=O) groups is 1. The number of carboxylic acid groups (broad SMARTS) is 1. The SMILES string of the molecule is C[C@H](CCC(=O)[O-])C1CCC2C3C(C[C@H](O)[C@@]21C)[C@@]1(C)C[C@@H](O)[C@@H](O)CC1C[C@H]3O.[K+]. The van der Waals surface area contributed by atoms with Gasteiger partial charge in [-0.15, -0.1) is 0 Å². The van der Waals surface area contributed by atoms with E-state index < -0.39 is 30.4 Å². The first kappa shape index (κ1) is 26.5. The van der Waals surface area contributed by atoms with E-state index in [0.717, 1.165) is 12.8 Å². The van der Waals surface area contributed by atoms with Crippen molar-refractivity contribution in [3.63, 3.8) is 0 Å². The Hall–Kier alpha value is 0.946. The zero-order valence-electron chi connectivity index (χ0n) is 19.5. The summed E-state index contributed by atoms with van der Waals surface area (Å²) in [5.41, 5.74) is -0.521. The molecule has 4 aliphatic carbocycles. The van der Waals surface area contributed by atoms with Gasteiger partial charge in [-0.1, -0.05) is 20.8 Å². The summed E-state index contributed by atoms with van der Waals surface area (Å²) < 4.78 is 0. The largest absolute Gasteiger partial charge is 1.00 e. The van der Waals surface area contributed by atoms with Gasteiger partial charge in [0, 0.05) is 5.97 Å². The van der Waals surface area contributed by atoms with E-state index >= 15 is 0 Å².